The van der Waals surface area contributed by atoms with Crippen LogP contribution < -0.4 is 9.47 Å². The Balaban J connectivity index is 1.87. The highest BCUT2D eigenvalue weighted by molar-refractivity contribution is 6.32. The van der Waals surface area contributed by atoms with E-state index in [2.05, 4.69) is 20.6 Å². The van der Waals surface area contributed by atoms with Crippen molar-refractivity contribution in [2.45, 2.75) is 6.61 Å². The van der Waals surface area contributed by atoms with Crippen LogP contribution in [0.1, 0.15) is 5.56 Å². The fourth-order valence-electron chi connectivity index (χ4n) is 2.00. The van der Waals surface area contributed by atoms with Crippen LogP contribution in [0.3, 0.4) is 0 Å². The zero-order valence-electron chi connectivity index (χ0n) is 11.8. The molecule has 0 aliphatic heterocycles. The molecule has 0 saturated carbocycles. The molecule has 2 aromatic carbocycles. The number of halogens is 1. The van der Waals surface area contributed by atoms with E-state index in [4.69, 9.17) is 21.1 Å². The van der Waals surface area contributed by atoms with Crippen molar-refractivity contribution in [3.8, 4) is 22.9 Å². The lowest BCUT2D eigenvalue weighted by atomic mass is 10.2. The summed E-state index contributed by atoms with van der Waals surface area (Å²) >= 11 is 6.31. The van der Waals surface area contributed by atoms with Gasteiger partial charge in [-0.1, -0.05) is 41.9 Å². The van der Waals surface area contributed by atoms with E-state index in [0.717, 1.165) is 5.56 Å². The molecule has 1 heterocycles. The minimum Gasteiger partial charge on any atom is -0.493 e. The topological polar surface area (TPSA) is 72.9 Å². The van der Waals surface area contributed by atoms with Crippen molar-refractivity contribution in [3.05, 3.63) is 53.1 Å². The van der Waals surface area contributed by atoms with Crippen LogP contribution in [0, 0.1) is 0 Å². The third kappa shape index (κ3) is 3.01. The van der Waals surface area contributed by atoms with E-state index in [1.165, 1.54) is 0 Å². The van der Waals surface area contributed by atoms with E-state index in [0.29, 0.717) is 34.5 Å². The second-order valence-corrected chi connectivity index (χ2v) is 4.91. The maximum atomic E-state index is 6.31. The first-order chi connectivity index (χ1) is 10.8. The van der Waals surface area contributed by atoms with Gasteiger partial charge in [-0.15, -0.1) is 10.2 Å². The van der Waals surface area contributed by atoms with Crippen LogP contribution in [-0.2, 0) is 6.61 Å². The molecule has 1 aromatic heterocycles. The van der Waals surface area contributed by atoms with Gasteiger partial charge in [0.1, 0.15) is 6.61 Å². The second kappa shape index (κ2) is 6.44. The fraction of sp³-hybridized carbons (Fsp3) is 0.133. The molecule has 3 rings (SSSR count). The molecule has 0 amide bonds. The molecule has 0 fully saturated rings. The number of rotatable bonds is 5. The Labute approximate surface area is 132 Å². The lowest BCUT2D eigenvalue weighted by molar-refractivity contribution is 0.285. The van der Waals surface area contributed by atoms with Crippen molar-refractivity contribution >= 4 is 11.6 Å². The zero-order valence-corrected chi connectivity index (χ0v) is 12.5. The molecule has 22 heavy (non-hydrogen) atoms. The monoisotopic (exact) mass is 316 g/mol. The summed E-state index contributed by atoms with van der Waals surface area (Å²) in [6, 6.07) is 13.3. The molecule has 3 aromatic rings. The van der Waals surface area contributed by atoms with Gasteiger partial charge in [-0.2, -0.15) is 5.21 Å². The molecule has 0 aliphatic rings. The number of tetrazole rings is 1. The van der Waals surface area contributed by atoms with Gasteiger partial charge in [-0.3, -0.25) is 0 Å². The molecule has 112 valence electrons. The summed E-state index contributed by atoms with van der Waals surface area (Å²) in [5, 5.41) is 14.2. The van der Waals surface area contributed by atoms with Crippen molar-refractivity contribution in [2.24, 2.45) is 0 Å². The predicted molar refractivity (Wildman–Crippen MR) is 81.9 cm³/mol. The Morgan fingerprint density at radius 3 is 2.68 bits per heavy atom. The number of aromatic nitrogens is 4. The van der Waals surface area contributed by atoms with Gasteiger partial charge in [-0.05, 0) is 22.9 Å². The molecule has 0 radical (unpaired) electrons. The fourth-order valence-corrected chi connectivity index (χ4v) is 2.27. The van der Waals surface area contributed by atoms with Gasteiger partial charge in [0.25, 0.3) is 0 Å². The van der Waals surface area contributed by atoms with E-state index < -0.39 is 0 Å². The van der Waals surface area contributed by atoms with Crippen LogP contribution in [-0.4, -0.2) is 27.7 Å². The highest BCUT2D eigenvalue weighted by atomic mass is 35.5. The van der Waals surface area contributed by atoms with Crippen LogP contribution in [0.15, 0.2) is 42.5 Å². The lowest BCUT2D eigenvalue weighted by Crippen LogP contribution is -1.99. The van der Waals surface area contributed by atoms with Crippen molar-refractivity contribution < 1.29 is 9.47 Å². The third-order valence-corrected chi connectivity index (χ3v) is 3.34. The first-order valence-corrected chi connectivity index (χ1v) is 6.94. The number of aromatic amines is 1. The smallest absolute Gasteiger partial charge is 0.204 e. The van der Waals surface area contributed by atoms with Crippen LogP contribution in [0.2, 0.25) is 5.02 Å². The normalized spacial score (nSPS) is 10.5. The highest BCUT2D eigenvalue weighted by Gasteiger charge is 2.15. The standard InChI is InChI=1S/C15H13ClN4O2/c1-21-13-8-11(15-17-19-20-18-15)7-12(16)14(13)22-9-10-5-3-2-4-6-10/h2-8H,9H2,1H3,(H,17,18,19,20). The Kier molecular flexibility index (Phi) is 4.20. The number of hydrogen-bond acceptors (Lipinski definition) is 5. The van der Waals surface area contributed by atoms with Gasteiger partial charge in [0.15, 0.2) is 11.5 Å². The molecule has 1 N–H and O–H groups in total. The Bertz CT molecular complexity index is 748. The first-order valence-electron chi connectivity index (χ1n) is 6.56. The van der Waals surface area contributed by atoms with Gasteiger partial charge in [0.2, 0.25) is 5.82 Å². The summed E-state index contributed by atoms with van der Waals surface area (Å²) in [5.41, 5.74) is 1.74. The summed E-state index contributed by atoms with van der Waals surface area (Å²) in [6.07, 6.45) is 0. The van der Waals surface area contributed by atoms with E-state index in [9.17, 15) is 0 Å². The van der Waals surface area contributed by atoms with Gasteiger partial charge < -0.3 is 9.47 Å². The molecule has 0 spiro atoms. The number of H-pyrrole nitrogens is 1. The number of methoxy groups -OCH3 is 1. The summed E-state index contributed by atoms with van der Waals surface area (Å²) < 4.78 is 11.2. The average molecular weight is 317 g/mol. The zero-order chi connectivity index (χ0) is 15.4. The summed E-state index contributed by atoms with van der Waals surface area (Å²) in [4.78, 5) is 0. The molecule has 0 atom stereocenters. The maximum absolute atomic E-state index is 6.31. The third-order valence-electron chi connectivity index (χ3n) is 3.06. The van der Waals surface area contributed by atoms with Crippen molar-refractivity contribution in [1.82, 2.24) is 20.6 Å². The molecule has 0 aliphatic carbocycles. The van der Waals surface area contributed by atoms with Gasteiger partial charge >= 0.3 is 0 Å². The van der Waals surface area contributed by atoms with Gasteiger partial charge in [0.05, 0.1) is 12.1 Å². The Morgan fingerprint density at radius 2 is 2.00 bits per heavy atom. The van der Waals surface area contributed by atoms with E-state index in [1.807, 2.05) is 30.3 Å². The van der Waals surface area contributed by atoms with Gasteiger partial charge in [-0.25, -0.2) is 0 Å². The Morgan fingerprint density at radius 1 is 1.18 bits per heavy atom. The number of ether oxygens (including phenoxy) is 2. The predicted octanol–water partition coefficient (Wildman–Crippen LogP) is 3.11. The van der Waals surface area contributed by atoms with E-state index in [1.54, 1.807) is 19.2 Å². The molecular formula is C15H13ClN4O2. The van der Waals surface area contributed by atoms with E-state index in [-0.39, 0.29) is 0 Å². The van der Waals surface area contributed by atoms with Crippen LogP contribution in [0.5, 0.6) is 11.5 Å². The lowest BCUT2D eigenvalue weighted by Gasteiger charge is -2.13. The van der Waals surface area contributed by atoms with Crippen molar-refractivity contribution in [1.29, 1.82) is 0 Å². The minimum atomic E-state index is 0.401. The molecular weight excluding hydrogens is 304 g/mol. The van der Waals surface area contributed by atoms with Crippen LogP contribution in [0.4, 0.5) is 0 Å². The summed E-state index contributed by atoms with van der Waals surface area (Å²) in [5.74, 6) is 1.44. The minimum absolute atomic E-state index is 0.401. The van der Waals surface area contributed by atoms with E-state index >= 15 is 0 Å². The largest absolute Gasteiger partial charge is 0.493 e. The number of hydrogen-bond donors (Lipinski definition) is 1. The molecule has 7 heteroatoms. The summed E-state index contributed by atoms with van der Waals surface area (Å²) in [7, 11) is 1.56. The van der Waals surface area contributed by atoms with Crippen LogP contribution >= 0.6 is 11.6 Å². The first kappa shape index (κ1) is 14.3. The van der Waals surface area contributed by atoms with Gasteiger partial charge in [0, 0.05) is 5.56 Å². The molecule has 0 bridgehead atoms. The van der Waals surface area contributed by atoms with Crippen LogP contribution in [0.25, 0.3) is 11.4 Å². The number of benzene rings is 2. The number of nitrogens with one attached hydrogen (secondary N) is 1. The average Bonchev–Trinajstić information content (AvgIpc) is 3.08. The number of nitrogens with zero attached hydrogens (tertiary/aromatic N) is 3. The molecule has 0 saturated heterocycles. The Hall–Kier alpha value is -2.60. The summed E-state index contributed by atoms with van der Waals surface area (Å²) in [6.45, 7) is 0.401. The SMILES string of the molecule is COc1cc(-c2nn[nH]n2)cc(Cl)c1OCc1ccccc1. The molecule has 6 nitrogen and oxygen atoms in total. The molecule has 0 unspecified atom stereocenters. The van der Waals surface area contributed by atoms with Crippen molar-refractivity contribution in [3.63, 3.8) is 0 Å². The highest BCUT2D eigenvalue weighted by Crippen LogP contribution is 2.39. The quantitative estimate of drug-likeness (QED) is 0.783. The second-order valence-electron chi connectivity index (χ2n) is 4.50. The van der Waals surface area contributed by atoms with Crippen molar-refractivity contribution in [2.75, 3.05) is 7.11 Å². The maximum Gasteiger partial charge on any atom is 0.204 e.